The highest BCUT2D eigenvalue weighted by atomic mass is 32.2. The first kappa shape index (κ1) is 19.7. The van der Waals surface area contributed by atoms with Crippen molar-refractivity contribution in [2.24, 2.45) is 11.7 Å². The van der Waals surface area contributed by atoms with Gasteiger partial charge in [-0.2, -0.15) is 0 Å². The zero-order chi connectivity index (χ0) is 18.6. The predicted molar refractivity (Wildman–Crippen MR) is 97.2 cm³/mol. The van der Waals surface area contributed by atoms with Crippen LogP contribution in [0.25, 0.3) is 0 Å². The highest BCUT2D eigenvalue weighted by Gasteiger charge is 2.33. The zero-order valence-corrected chi connectivity index (χ0v) is 16.0. The molecule has 2 rings (SSSR count). The number of hydrogen-bond donors (Lipinski definition) is 1. The van der Waals surface area contributed by atoms with Crippen molar-refractivity contribution in [3.05, 3.63) is 24.3 Å². The summed E-state index contributed by atoms with van der Waals surface area (Å²) in [4.78, 5) is 14.8. The number of sulfone groups is 1. The van der Waals surface area contributed by atoms with Gasteiger partial charge in [0.25, 0.3) is 0 Å². The monoisotopic (exact) mass is 368 g/mol. The molecule has 3 unspecified atom stereocenters. The third kappa shape index (κ3) is 4.73. The van der Waals surface area contributed by atoms with E-state index in [1.54, 1.807) is 24.0 Å². The Bertz CT molecular complexity index is 686. The molecule has 0 radical (unpaired) electrons. The third-order valence-corrected chi connectivity index (χ3v) is 6.68. The molecule has 0 spiro atoms. The van der Waals surface area contributed by atoms with E-state index in [9.17, 15) is 13.2 Å². The number of piperidine rings is 1. The van der Waals surface area contributed by atoms with E-state index in [2.05, 4.69) is 0 Å². The Balaban J connectivity index is 2.10. The number of carbonyl (C=O) groups excluding carboxylic acids is 1. The molecule has 0 saturated carbocycles. The van der Waals surface area contributed by atoms with Crippen molar-refractivity contribution in [2.75, 3.05) is 19.4 Å². The minimum Gasteiger partial charge on any atom is -0.497 e. The van der Waals surface area contributed by atoms with Crippen molar-refractivity contribution < 1.29 is 17.9 Å². The van der Waals surface area contributed by atoms with Gasteiger partial charge in [0.1, 0.15) is 5.75 Å². The summed E-state index contributed by atoms with van der Waals surface area (Å²) < 4.78 is 30.3. The number of ether oxygens (including phenoxy) is 1. The van der Waals surface area contributed by atoms with Crippen LogP contribution in [0.1, 0.15) is 33.1 Å². The molecule has 140 valence electrons. The van der Waals surface area contributed by atoms with Crippen molar-refractivity contribution in [1.82, 2.24) is 4.90 Å². The first-order chi connectivity index (χ1) is 11.8. The molecule has 3 atom stereocenters. The molecular formula is C18H28N2O4S. The molecule has 1 aliphatic heterocycles. The van der Waals surface area contributed by atoms with E-state index in [0.717, 1.165) is 19.3 Å². The smallest absolute Gasteiger partial charge is 0.226 e. The summed E-state index contributed by atoms with van der Waals surface area (Å²) in [7, 11) is -2.01. The SMILES string of the molecule is COc1ccc(S(=O)(=O)CC(C)C(=O)N2CCCCC2C(C)N)cc1. The fourth-order valence-corrected chi connectivity index (χ4v) is 4.88. The zero-order valence-electron chi connectivity index (χ0n) is 15.1. The Labute approximate surface area is 150 Å². The summed E-state index contributed by atoms with van der Waals surface area (Å²) in [5, 5.41) is 0. The van der Waals surface area contributed by atoms with E-state index in [4.69, 9.17) is 10.5 Å². The summed E-state index contributed by atoms with van der Waals surface area (Å²) in [6.07, 6.45) is 2.86. The van der Waals surface area contributed by atoms with Crippen LogP contribution in [0.3, 0.4) is 0 Å². The fraction of sp³-hybridized carbons (Fsp3) is 0.611. The van der Waals surface area contributed by atoms with Crippen LogP contribution in [0.15, 0.2) is 29.2 Å². The Morgan fingerprint density at radius 2 is 1.92 bits per heavy atom. The van der Waals surface area contributed by atoms with Crippen molar-refractivity contribution in [2.45, 2.75) is 50.1 Å². The molecule has 1 aromatic carbocycles. The molecule has 1 saturated heterocycles. The van der Waals surface area contributed by atoms with Gasteiger partial charge >= 0.3 is 0 Å². The van der Waals surface area contributed by atoms with Crippen LogP contribution in [0.4, 0.5) is 0 Å². The first-order valence-electron chi connectivity index (χ1n) is 8.69. The van der Waals surface area contributed by atoms with Crippen LogP contribution < -0.4 is 10.5 Å². The maximum Gasteiger partial charge on any atom is 0.226 e. The maximum atomic E-state index is 12.8. The van der Waals surface area contributed by atoms with Crippen molar-refractivity contribution in [3.8, 4) is 5.75 Å². The summed E-state index contributed by atoms with van der Waals surface area (Å²) in [6.45, 7) is 4.23. The summed E-state index contributed by atoms with van der Waals surface area (Å²) in [5.74, 6) is -0.345. The molecule has 0 aromatic heterocycles. The van der Waals surface area contributed by atoms with Gasteiger partial charge in [0.2, 0.25) is 5.91 Å². The Kier molecular flexibility index (Phi) is 6.46. The molecule has 7 heteroatoms. The Hall–Kier alpha value is -1.60. The van der Waals surface area contributed by atoms with Crippen LogP contribution in [-0.4, -0.2) is 50.7 Å². The average molecular weight is 368 g/mol. The van der Waals surface area contributed by atoms with Crippen LogP contribution in [0, 0.1) is 5.92 Å². The van der Waals surface area contributed by atoms with Gasteiger partial charge in [-0.1, -0.05) is 6.92 Å². The van der Waals surface area contributed by atoms with Crippen LogP contribution in [0.2, 0.25) is 0 Å². The third-order valence-electron chi connectivity index (χ3n) is 4.75. The summed E-state index contributed by atoms with van der Waals surface area (Å²) >= 11 is 0. The van der Waals surface area contributed by atoms with E-state index >= 15 is 0 Å². The first-order valence-corrected chi connectivity index (χ1v) is 10.3. The molecular weight excluding hydrogens is 340 g/mol. The molecule has 1 heterocycles. The molecule has 2 N–H and O–H groups in total. The number of nitrogens with zero attached hydrogens (tertiary/aromatic N) is 1. The molecule has 25 heavy (non-hydrogen) atoms. The Morgan fingerprint density at radius 3 is 2.48 bits per heavy atom. The molecule has 1 amide bonds. The van der Waals surface area contributed by atoms with Crippen LogP contribution in [-0.2, 0) is 14.6 Å². The van der Waals surface area contributed by atoms with Gasteiger partial charge in [0, 0.05) is 24.5 Å². The second-order valence-electron chi connectivity index (χ2n) is 6.81. The number of amides is 1. The minimum absolute atomic E-state index is 0.00705. The number of benzene rings is 1. The van der Waals surface area contributed by atoms with Gasteiger partial charge in [0.15, 0.2) is 9.84 Å². The lowest BCUT2D eigenvalue weighted by molar-refractivity contribution is -0.138. The predicted octanol–water partition coefficient (Wildman–Crippen LogP) is 1.83. The normalized spacial score (nSPS) is 20.8. The lowest BCUT2D eigenvalue weighted by Crippen LogP contribution is -2.53. The second-order valence-corrected chi connectivity index (χ2v) is 8.85. The standard InChI is InChI=1S/C18H28N2O4S/c1-13(18(21)20-11-5-4-6-17(20)14(2)19)12-25(22,23)16-9-7-15(24-3)8-10-16/h7-10,13-14,17H,4-6,11-12,19H2,1-3H3. The quantitative estimate of drug-likeness (QED) is 0.827. The topological polar surface area (TPSA) is 89.7 Å². The minimum atomic E-state index is -3.54. The van der Waals surface area contributed by atoms with E-state index in [-0.39, 0.29) is 28.6 Å². The van der Waals surface area contributed by atoms with Gasteiger partial charge in [-0.05, 0) is 50.5 Å². The number of carbonyl (C=O) groups is 1. The second kappa shape index (κ2) is 8.19. The number of methoxy groups -OCH3 is 1. The molecule has 1 aromatic rings. The number of hydrogen-bond acceptors (Lipinski definition) is 5. The summed E-state index contributed by atoms with van der Waals surface area (Å²) in [6, 6.07) is 6.11. The van der Waals surface area contributed by atoms with E-state index < -0.39 is 15.8 Å². The van der Waals surface area contributed by atoms with Gasteiger partial charge in [0.05, 0.1) is 17.8 Å². The molecule has 0 bridgehead atoms. The largest absolute Gasteiger partial charge is 0.497 e. The Morgan fingerprint density at radius 1 is 1.28 bits per heavy atom. The number of rotatable bonds is 6. The molecule has 0 aliphatic carbocycles. The summed E-state index contributed by atoms with van der Waals surface area (Å²) in [5.41, 5.74) is 6.02. The molecule has 1 fully saturated rings. The molecule has 1 aliphatic rings. The number of nitrogens with two attached hydrogens (primary N) is 1. The lowest BCUT2D eigenvalue weighted by Gasteiger charge is -2.39. The van der Waals surface area contributed by atoms with E-state index in [0.29, 0.717) is 12.3 Å². The van der Waals surface area contributed by atoms with Gasteiger partial charge in [-0.25, -0.2) is 8.42 Å². The van der Waals surface area contributed by atoms with Crippen molar-refractivity contribution >= 4 is 15.7 Å². The highest BCUT2D eigenvalue weighted by Crippen LogP contribution is 2.23. The van der Waals surface area contributed by atoms with Gasteiger partial charge in [-0.3, -0.25) is 4.79 Å². The van der Waals surface area contributed by atoms with E-state index in [1.165, 1.54) is 19.2 Å². The van der Waals surface area contributed by atoms with Gasteiger partial charge in [-0.15, -0.1) is 0 Å². The van der Waals surface area contributed by atoms with Gasteiger partial charge < -0.3 is 15.4 Å². The van der Waals surface area contributed by atoms with Crippen molar-refractivity contribution in [1.29, 1.82) is 0 Å². The maximum absolute atomic E-state index is 12.8. The van der Waals surface area contributed by atoms with E-state index in [1.807, 2.05) is 6.92 Å². The fourth-order valence-electron chi connectivity index (χ4n) is 3.34. The van der Waals surface area contributed by atoms with Crippen molar-refractivity contribution in [3.63, 3.8) is 0 Å². The van der Waals surface area contributed by atoms with Crippen LogP contribution >= 0.6 is 0 Å². The molecule has 6 nitrogen and oxygen atoms in total. The van der Waals surface area contributed by atoms with Crippen LogP contribution in [0.5, 0.6) is 5.75 Å². The lowest BCUT2D eigenvalue weighted by atomic mass is 9.95. The number of likely N-dealkylation sites (tertiary alicyclic amines) is 1. The highest BCUT2D eigenvalue weighted by molar-refractivity contribution is 7.91. The average Bonchev–Trinajstić information content (AvgIpc) is 2.60.